The Morgan fingerprint density at radius 1 is 1.20 bits per heavy atom. The van der Waals surface area contributed by atoms with Crippen LogP contribution in [-0.4, -0.2) is 65.6 Å². The highest BCUT2D eigenvalue weighted by Gasteiger charge is 2.13. The summed E-state index contributed by atoms with van der Waals surface area (Å²) < 4.78 is 0. The fourth-order valence-electron chi connectivity index (χ4n) is 2.06. The van der Waals surface area contributed by atoms with E-state index in [9.17, 15) is 0 Å². The average molecular weight is 277 g/mol. The molecule has 7 nitrogen and oxygen atoms in total. The number of fused-ring (bicyclic) bond motifs is 1. The topological polar surface area (TPSA) is 73.0 Å². The van der Waals surface area contributed by atoms with E-state index in [1.807, 2.05) is 14.0 Å². The highest BCUT2D eigenvalue weighted by atomic mass is 15.2. The van der Waals surface area contributed by atoms with E-state index in [1.54, 1.807) is 6.33 Å². The van der Waals surface area contributed by atoms with Crippen LogP contribution in [0.2, 0.25) is 0 Å². The van der Waals surface area contributed by atoms with Crippen LogP contribution in [0.4, 0.5) is 11.8 Å². The Hall–Kier alpha value is -1.89. The second-order valence-corrected chi connectivity index (χ2v) is 5.08. The summed E-state index contributed by atoms with van der Waals surface area (Å²) in [6.07, 6.45) is 2.74. The molecule has 0 spiro atoms. The average Bonchev–Trinajstić information content (AvgIpc) is 2.85. The zero-order chi connectivity index (χ0) is 14.5. The maximum absolute atomic E-state index is 4.58. The molecule has 0 aromatic carbocycles. The predicted molar refractivity (Wildman–Crippen MR) is 82.3 cm³/mol. The van der Waals surface area contributed by atoms with E-state index in [1.165, 1.54) is 0 Å². The van der Waals surface area contributed by atoms with Gasteiger partial charge in [-0.2, -0.15) is 9.97 Å². The van der Waals surface area contributed by atoms with Crippen molar-refractivity contribution in [3.8, 4) is 0 Å². The first-order valence-corrected chi connectivity index (χ1v) is 6.92. The Morgan fingerprint density at radius 3 is 2.70 bits per heavy atom. The molecule has 20 heavy (non-hydrogen) atoms. The molecule has 2 aromatic rings. The van der Waals surface area contributed by atoms with E-state index in [0.29, 0.717) is 11.6 Å². The Bertz CT molecular complexity index is 549. The number of hydrogen-bond acceptors (Lipinski definition) is 6. The van der Waals surface area contributed by atoms with E-state index in [4.69, 9.17) is 0 Å². The number of H-pyrrole nitrogens is 1. The first-order chi connectivity index (χ1) is 9.61. The van der Waals surface area contributed by atoms with Crippen LogP contribution >= 0.6 is 0 Å². The van der Waals surface area contributed by atoms with Crippen LogP contribution in [0, 0.1) is 0 Å². The maximum atomic E-state index is 4.58. The first-order valence-electron chi connectivity index (χ1n) is 6.92. The highest BCUT2D eigenvalue weighted by Crippen LogP contribution is 2.21. The van der Waals surface area contributed by atoms with Gasteiger partial charge in [0, 0.05) is 20.1 Å². The standard InChI is InChI=1S/C13H23N7/c1-5-14-13-17-11-10(15-9-16-11)12(18-13)20(4)8-6-7-19(2)3/h9H,5-8H2,1-4H3,(H2,14,15,16,17,18). The Kier molecular flexibility index (Phi) is 4.73. The number of anilines is 2. The van der Waals surface area contributed by atoms with Gasteiger partial charge in [0.25, 0.3) is 0 Å². The van der Waals surface area contributed by atoms with Gasteiger partial charge in [-0.15, -0.1) is 0 Å². The fourth-order valence-corrected chi connectivity index (χ4v) is 2.06. The maximum Gasteiger partial charge on any atom is 0.226 e. The molecule has 0 saturated carbocycles. The van der Waals surface area contributed by atoms with Crippen molar-refractivity contribution in [3.63, 3.8) is 0 Å². The predicted octanol–water partition coefficient (Wildman–Crippen LogP) is 1.17. The van der Waals surface area contributed by atoms with Crippen molar-refractivity contribution >= 4 is 22.9 Å². The van der Waals surface area contributed by atoms with Gasteiger partial charge in [0.2, 0.25) is 5.95 Å². The molecule has 0 saturated heterocycles. The minimum absolute atomic E-state index is 0.626. The molecule has 2 aromatic heterocycles. The summed E-state index contributed by atoms with van der Waals surface area (Å²) >= 11 is 0. The Labute approximate surface area is 119 Å². The number of aromatic amines is 1. The second kappa shape index (κ2) is 6.51. The lowest BCUT2D eigenvalue weighted by Gasteiger charge is -2.20. The molecule has 0 radical (unpaired) electrons. The van der Waals surface area contributed by atoms with Crippen LogP contribution < -0.4 is 10.2 Å². The van der Waals surface area contributed by atoms with Crippen molar-refractivity contribution in [3.05, 3.63) is 6.33 Å². The van der Waals surface area contributed by atoms with Crippen LogP contribution in [0.25, 0.3) is 11.2 Å². The number of nitrogens with zero attached hydrogens (tertiary/aromatic N) is 5. The summed E-state index contributed by atoms with van der Waals surface area (Å²) in [6.45, 7) is 4.81. The first kappa shape index (κ1) is 14.5. The van der Waals surface area contributed by atoms with E-state index in [-0.39, 0.29) is 0 Å². The molecule has 2 heterocycles. The van der Waals surface area contributed by atoms with Crippen molar-refractivity contribution in [2.75, 3.05) is 51.0 Å². The molecule has 2 N–H and O–H groups in total. The zero-order valence-electron chi connectivity index (χ0n) is 12.6. The molecule has 110 valence electrons. The molecule has 0 atom stereocenters. The second-order valence-electron chi connectivity index (χ2n) is 5.08. The number of aromatic nitrogens is 4. The Morgan fingerprint density at radius 2 is 2.00 bits per heavy atom. The summed E-state index contributed by atoms with van der Waals surface area (Å²) in [4.78, 5) is 20.6. The van der Waals surface area contributed by atoms with E-state index >= 15 is 0 Å². The van der Waals surface area contributed by atoms with Gasteiger partial charge in [0.1, 0.15) is 5.52 Å². The number of nitrogens with one attached hydrogen (secondary N) is 2. The molecule has 0 aliphatic heterocycles. The van der Waals surface area contributed by atoms with Gasteiger partial charge in [-0.05, 0) is 34.0 Å². The van der Waals surface area contributed by atoms with Gasteiger partial charge in [-0.3, -0.25) is 0 Å². The lowest BCUT2D eigenvalue weighted by atomic mass is 10.3. The molecule has 0 fully saturated rings. The highest BCUT2D eigenvalue weighted by molar-refractivity contribution is 5.84. The summed E-state index contributed by atoms with van der Waals surface area (Å²) in [7, 11) is 6.22. The molecule has 0 aliphatic carbocycles. The molecule has 0 bridgehead atoms. The lowest BCUT2D eigenvalue weighted by molar-refractivity contribution is 0.401. The summed E-state index contributed by atoms with van der Waals surface area (Å²) in [5, 5.41) is 3.15. The molecule has 2 rings (SSSR count). The van der Waals surface area contributed by atoms with Crippen LogP contribution in [0.3, 0.4) is 0 Å². The number of imidazole rings is 1. The number of hydrogen-bond donors (Lipinski definition) is 2. The van der Waals surface area contributed by atoms with Gasteiger partial charge in [0.15, 0.2) is 11.5 Å². The third-order valence-corrected chi connectivity index (χ3v) is 3.06. The van der Waals surface area contributed by atoms with Crippen LogP contribution in [0.15, 0.2) is 6.33 Å². The summed E-state index contributed by atoms with van der Waals surface area (Å²) in [5.74, 6) is 1.52. The molecular weight excluding hydrogens is 254 g/mol. The van der Waals surface area contributed by atoms with Crippen LogP contribution in [0.5, 0.6) is 0 Å². The molecular formula is C13H23N7. The largest absolute Gasteiger partial charge is 0.358 e. The monoisotopic (exact) mass is 277 g/mol. The zero-order valence-corrected chi connectivity index (χ0v) is 12.6. The van der Waals surface area contributed by atoms with E-state index < -0.39 is 0 Å². The SMILES string of the molecule is CCNc1nc(N(C)CCCN(C)C)c2[nH]cnc2n1. The molecule has 0 unspecified atom stereocenters. The fraction of sp³-hybridized carbons (Fsp3) is 0.615. The van der Waals surface area contributed by atoms with Gasteiger partial charge in [-0.1, -0.05) is 0 Å². The van der Waals surface area contributed by atoms with Gasteiger partial charge < -0.3 is 20.1 Å². The van der Waals surface area contributed by atoms with E-state index in [2.05, 4.69) is 49.1 Å². The molecule has 7 heteroatoms. The summed E-state index contributed by atoms with van der Waals surface area (Å²) in [6, 6.07) is 0. The van der Waals surface area contributed by atoms with Gasteiger partial charge in [0.05, 0.1) is 6.33 Å². The Balaban J connectivity index is 2.19. The molecule has 0 amide bonds. The summed E-state index contributed by atoms with van der Waals surface area (Å²) in [5.41, 5.74) is 1.59. The van der Waals surface area contributed by atoms with Crippen molar-refractivity contribution in [2.45, 2.75) is 13.3 Å². The quantitative estimate of drug-likeness (QED) is 0.791. The van der Waals surface area contributed by atoms with Gasteiger partial charge >= 0.3 is 0 Å². The van der Waals surface area contributed by atoms with Crippen molar-refractivity contribution < 1.29 is 0 Å². The van der Waals surface area contributed by atoms with Crippen LogP contribution in [-0.2, 0) is 0 Å². The van der Waals surface area contributed by atoms with Crippen molar-refractivity contribution in [1.82, 2.24) is 24.8 Å². The smallest absolute Gasteiger partial charge is 0.226 e. The third-order valence-electron chi connectivity index (χ3n) is 3.06. The minimum atomic E-state index is 0.626. The lowest BCUT2D eigenvalue weighted by Crippen LogP contribution is -2.24. The third kappa shape index (κ3) is 3.36. The minimum Gasteiger partial charge on any atom is -0.358 e. The molecule has 0 aliphatic rings. The normalized spacial score (nSPS) is 11.2. The van der Waals surface area contributed by atoms with E-state index in [0.717, 1.165) is 37.4 Å². The van der Waals surface area contributed by atoms with Crippen molar-refractivity contribution in [2.24, 2.45) is 0 Å². The van der Waals surface area contributed by atoms with Gasteiger partial charge in [-0.25, -0.2) is 4.98 Å². The number of rotatable bonds is 7. The van der Waals surface area contributed by atoms with Crippen LogP contribution in [0.1, 0.15) is 13.3 Å². The van der Waals surface area contributed by atoms with Crippen molar-refractivity contribution in [1.29, 1.82) is 0 Å².